The Bertz CT molecular complexity index is 647. The van der Waals surface area contributed by atoms with Gasteiger partial charge < -0.3 is 5.11 Å². The van der Waals surface area contributed by atoms with E-state index in [0.29, 0.717) is 0 Å². The molecule has 8 heteroatoms. The Morgan fingerprint density at radius 2 is 1.89 bits per heavy atom. The van der Waals surface area contributed by atoms with E-state index < -0.39 is 16.0 Å². The lowest BCUT2D eigenvalue weighted by Gasteiger charge is -2.05. The minimum absolute atomic E-state index is 0.0236. The number of hydrogen-bond acceptors (Lipinski definition) is 4. The molecule has 0 aliphatic rings. The number of aromatic amines is 1. The number of hydrogen-bond donors (Lipinski definition) is 3. The molecule has 1 aromatic carbocycles. The van der Waals surface area contributed by atoms with Crippen molar-refractivity contribution in [3.63, 3.8) is 0 Å². The number of carboxylic acid groups (broad SMARTS) is 1. The molecule has 0 unspecified atom stereocenters. The molecule has 2 aromatic rings. The standard InChI is InChI=1S/C10H9N3O4S/c14-10(15)7-1-3-8(4-2-7)18(16,17)13-9-5-6-11-12-9/h1-6H,(H,14,15)(H2,11,12,13). The van der Waals surface area contributed by atoms with Crippen molar-refractivity contribution in [1.82, 2.24) is 10.2 Å². The molecule has 0 saturated carbocycles. The number of benzene rings is 1. The van der Waals surface area contributed by atoms with Gasteiger partial charge in [-0.3, -0.25) is 9.82 Å². The monoisotopic (exact) mass is 267 g/mol. The average Bonchev–Trinajstić information content (AvgIpc) is 2.81. The minimum Gasteiger partial charge on any atom is -0.478 e. The average molecular weight is 267 g/mol. The smallest absolute Gasteiger partial charge is 0.335 e. The molecule has 2 rings (SSSR count). The number of rotatable bonds is 4. The second kappa shape index (κ2) is 4.49. The van der Waals surface area contributed by atoms with Crippen molar-refractivity contribution in [3.8, 4) is 0 Å². The topological polar surface area (TPSA) is 112 Å². The molecule has 0 saturated heterocycles. The molecule has 1 aromatic heterocycles. The van der Waals surface area contributed by atoms with Gasteiger partial charge in [-0.2, -0.15) is 5.10 Å². The molecule has 0 fully saturated rings. The van der Waals surface area contributed by atoms with E-state index in [-0.39, 0.29) is 16.3 Å². The van der Waals surface area contributed by atoms with E-state index in [0.717, 1.165) is 0 Å². The van der Waals surface area contributed by atoms with Crippen molar-refractivity contribution >= 4 is 21.8 Å². The second-order valence-corrected chi connectivity index (χ2v) is 5.09. The second-order valence-electron chi connectivity index (χ2n) is 3.41. The van der Waals surface area contributed by atoms with Crippen LogP contribution in [0.1, 0.15) is 10.4 Å². The lowest BCUT2D eigenvalue weighted by molar-refractivity contribution is 0.0697. The van der Waals surface area contributed by atoms with Crippen molar-refractivity contribution in [1.29, 1.82) is 0 Å². The Morgan fingerprint density at radius 3 is 2.39 bits per heavy atom. The van der Waals surface area contributed by atoms with E-state index in [1.807, 2.05) is 0 Å². The summed E-state index contributed by atoms with van der Waals surface area (Å²) in [4.78, 5) is 10.6. The lowest BCUT2D eigenvalue weighted by atomic mass is 10.2. The van der Waals surface area contributed by atoms with Crippen molar-refractivity contribution in [2.24, 2.45) is 0 Å². The Hall–Kier alpha value is -2.35. The summed E-state index contributed by atoms with van der Waals surface area (Å²) >= 11 is 0. The van der Waals surface area contributed by atoms with Gasteiger partial charge in [0.1, 0.15) is 5.82 Å². The van der Waals surface area contributed by atoms with Crippen LogP contribution >= 0.6 is 0 Å². The first-order valence-electron chi connectivity index (χ1n) is 4.84. The van der Waals surface area contributed by atoms with Crippen LogP contribution in [0.2, 0.25) is 0 Å². The highest BCUT2D eigenvalue weighted by atomic mass is 32.2. The molecule has 18 heavy (non-hydrogen) atoms. The Labute approximate surface area is 103 Å². The molecule has 0 bridgehead atoms. The Morgan fingerprint density at radius 1 is 1.22 bits per heavy atom. The fourth-order valence-corrected chi connectivity index (χ4v) is 2.31. The van der Waals surface area contributed by atoms with Gasteiger partial charge in [-0.05, 0) is 24.3 Å². The predicted octanol–water partition coefficient (Wildman–Crippen LogP) is 0.909. The van der Waals surface area contributed by atoms with Gasteiger partial charge in [-0.1, -0.05) is 0 Å². The fraction of sp³-hybridized carbons (Fsp3) is 0. The van der Waals surface area contributed by atoms with E-state index in [1.165, 1.54) is 36.5 Å². The lowest BCUT2D eigenvalue weighted by Crippen LogP contribution is -2.13. The van der Waals surface area contributed by atoms with Gasteiger partial charge in [0.2, 0.25) is 0 Å². The van der Waals surface area contributed by atoms with Crippen LogP contribution < -0.4 is 4.72 Å². The van der Waals surface area contributed by atoms with Crippen LogP contribution in [0.5, 0.6) is 0 Å². The maximum Gasteiger partial charge on any atom is 0.335 e. The molecule has 0 amide bonds. The van der Waals surface area contributed by atoms with E-state index in [1.54, 1.807) is 0 Å². The molecule has 0 spiro atoms. The van der Waals surface area contributed by atoms with E-state index in [4.69, 9.17) is 5.11 Å². The number of nitrogens with one attached hydrogen (secondary N) is 2. The summed E-state index contributed by atoms with van der Waals surface area (Å²) < 4.78 is 26.0. The molecule has 0 aliphatic heterocycles. The van der Waals surface area contributed by atoms with Gasteiger partial charge in [0.05, 0.1) is 16.7 Å². The number of sulfonamides is 1. The van der Waals surface area contributed by atoms with Crippen molar-refractivity contribution < 1.29 is 18.3 Å². The molecule has 0 radical (unpaired) electrons. The third-order valence-electron chi connectivity index (χ3n) is 2.16. The summed E-state index contributed by atoms with van der Waals surface area (Å²) in [6.45, 7) is 0. The minimum atomic E-state index is -3.74. The zero-order valence-electron chi connectivity index (χ0n) is 8.99. The molecule has 0 aliphatic carbocycles. The molecular formula is C10H9N3O4S. The van der Waals surface area contributed by atoms with Crippen LogP contribution in [0, 0.1) is 0 Å². The number of aromatic nitrogens is 2. The summed E-state index contributed by atoms with van der Waals surface area (Å²) in [6, 6.07) is 6.36. The van der Waals surface area contributed by atoms with E-state index in [2.05, 4.69) is 14.9 Å². The maximum absolute atomic E-state index is 11.9. The van der Waals surface area contributed by atoms with Crippen molar-refractivity contribution in [2.75, 3.05) is 4.72 Å². The quantitative estimate of drug-likeness (QED) is 0.762. The first-order valence-corrected chi connectivity index (χ1v) is 6.33. The highest BCUT2D eigenvalue weighted by molar-refractivity contribution is 7.92. The van der Waals surface area contributed by atoms with Crippen LogP contribution in [0.15, 0.2) is 41.4 Å². The normalized spacial score (nSPS) is 11.1. The summed E-state index contributed by atoms with van der Waals surface area (Å²) in [5.74, 6) is -0.877. The van der Waals surface area contributed by atoms with E-state index >= 15 is 0 Å². The Kier molecular flexibility index (Phi) is 3.02. The van der Waals surface area contributed by atoms with Gasteiger partial charge in [0.25, 0.3) is 10.0 Å². The number of carboxylic acids is 1. The number of aromatic carboxylic acids is 1. The Balaban J connectivity index is 2.27. The number of carbonyl (C=O) groups is 1. The van der Waals surface area contributed by atoms with Crippen LogP contribution in [0.25, 0.3) is 0 Å². The summed E-state index contributed by atoms with van der Waals surface area (Å²) in [5.41, 5.74) is 0.0236. The predicted molar refractivity (Wildman–Crippen MR) is 62.8 cm³/mol. The van der Waals surface area contributed by atoms with Gasteiger partial charge in [-0.25, -0.2) is 13.2 Å². The van der Waals surface area contributed by atoms with Crippen LogP contribution in [0.4, 0.5) is 5.82 Å². The molecule has 7 nitrogen and oxygen atoms in total. The first-order chi connectivity index (χ1) is 8.49. The van der Waals surface area contributed by atoms with Crippen LogP contribution in [0.3, 0.4) is 0 Å². The zero-order valence-corrected chi connectivity index (χ0v) is 9.81. The summed E-state index contributed by atoms with van der Waals surface area (Å²) in [7, 11) is -3.74. The third-order valence-corrected chi connectivity index (χ3v) is 3.54. The first kappa shape index (κ1) is 12.1. The molecule has 94 valence electrons. The van der Waals surface area contributed by atoms with Crippen LogP contribution in [-0.4, -0.2) is 29.7 Å². The van der Waals surface area contributed by atoms with Gasteiger partial charge in [0, 0.05) is 6.07 Å². The van der Waals surface area contributed by atoms with E-state index in [9.17, 15) is 13.2 Å². The molecule has 0 atom stereocenters. The molecule has 3 N–H and O–H groups in total. The maximum atomic E-state index is 11.9. The summed E-state index contributed by atoms with van der Waals surface area (Å²) in [6.07, 6.45) is 1.41. The SMILES string of the molecule is O=C(O)c1ccc(S(=O)(=O)Nc2ccn[nH]2)cc1. The highest BCUT2D eigenvalue weighted by Crippen LogP contribution is 2.14. The summed E-state index contributed by atoms with van der Waals surface area (Å²) in [5, 5.41) is 14.8. The third kappa shape index (κ3) is 2.48. The van der Waals surface area contributed by atoms with Gasteiger partial charge in [-0.15, -0.1) is 0 Å². The number of nitrogens with zero attached hydrogens (tertiary/aromatic N) is 1. The van der Waals surface area contributed by atoms with Crippen LogP contribution in [-0.2, 0) is 10.0 Å². The van der Waals surface area contributed by atoms with Gasteiger partial charge >= 0.3 is 5.97 Å². The molecule has 1 heterocycles. The van der Waals surface area contributed by atoms with Gasteiger partial charge in [0.15, 0.2) is 0 Å². The largest absolute Gasteiger partial charge is 0.478 e. The molecular weight excluding hydrogens is 258 g/mol. The van der Waals surface area contributed by atoms with Crippen molar-refractivity contribution in [3.05, 3.63) is 42.1 Å². The van der Waals surface area contributed by atoms with Crippen molar-refractivity contribution in [2.45, 2.75) is 4.90 Å². The number of H-pyrrole nitrogens is 1. The number of anilines is 1. The fourth-order valence-electron chi connectivity index (χ4n) is 1.29. The zero-order chi connectivity index (χ0) is 13.2. The highest BCUT2D eigenvalue weighted by Gasteiger charge is 2.15.